The Kier molecular flexibility index (Phi) is 5.83. The molecule has 0 spiro atoms. The van der Waals surface area contributed by atoms with Crippen molar-refractivity contribution in [2.24, 2.45) is 0 Å². The van der Waals surface area contributed by atoms with Gasteiger partial charge in [-0.05, 0) is 35.9 Å². The number of ether oxygens (including phenoxy) is 3. The molecule has 25 heavy (non-hydrogen) atoms. The molecule has 0 amide bonds. The number of thiocarbonyl (C=S) groups is 1. The topological polar surface area (TPSA) is 30.9 Å². The smallest absolute Gasteiger partial charge is 0.161 e. The molecule has 0 N–H and O–H groups in total. The highest BCUT2D eigenvalue weighted by Crippen LogP contribution is 2.29. The minimum Gasteiger partial charge on any atom is -0.493 e. The third kappa shape index (κ3) is 4.46. The van der Waals surface area contributed by atoms with Gasteiger partial charge in [-0.25, -0.2) is 4.39 Å². The molecule has 0 radical (unpaired) electrons. The van der Waals surface area contributed by atoms with Gasteiger partial charge >= 0.3 is 0 Å². The van der Waals surface area contributed by atoms with Crippen LogP contribution in [0.25, 0.3) is 0 Å². The third-order valence-electron chi connectivity index (χ3n) is 3.99. The number of nitrogens with zero attached hydrogens (tertiary/aromatic N) is 1. The van der Waals surface area contributed by atoms with Crippen molar-refractivity contribution < 1.29 is 18.6 Å². The van der Waals surface area contributed by atoms with Crippen LogP contribution in [0.3, 0.4) is 0 Å². The van der Waals surface area contributed by atoms with Crippen LogP contribution in [0.2, 0.25) is 0 Å². The first kappa shape index (κ1) is 17.6. The Morgan fingerprint density at radius 1 is 1.16 bits per heavy atom. The van der Waals surface area contributed by atoms with Crippen LogP contribution < -0.4 is 9.47 Å². The van der Waals surface area contributed by atoms with E-state index >= 15 is 0 Å². The average Bonchev–Trinajstić information content (AvgIpc) is 2.66. The van der Waals surface area contributed by atoms with E-state index in [0.29, 0.717) is 24.7 Å². The summed E-state index contributed by atoms with van der Waals surface area (Å²) in [5, 5.41) is 0. The lowest BCUT2D eigenvalue weighted by atomic mass is 10.1. The molecule has 0 aromatic heterocycles. The van der Waals surface area contributed by atoms with Crippen molar-refractivity contribution in [1.29, 1.82) is 0 Å². The number of halogens is 1. The van der Waals surface area contributed by atoms with Gasteiger partial charge in [-0.3, -0.25) is 0 Å². The van der Waals surface area contributed by atoms with Gasteiger partial charge in [0.1, 0.15) is 17.4 Å². The largest absolute Gasteiger partial charge is 0.493 e. The minimum absolute atomic E-state index is 0.265. The Morgan fingerprint density at radius 2 is 1.96 bits per heavy atom. The molecular formula is C19H20FNO3S. The maximum Gasteiger partial charge on any atom is 0.161 e. The van der Waals surface area contributed by atoms with Crippen LogP contribution >= 0.6 is 12.2 Å². The standard InChI is InChI=1S/C19H20FNO3S/c1-22-18-12-15(19(25)21-7-9-23-10-8-21)5-6-17(18)24-13-14-3-2-4-16(20)11-14/h2-6,11-12H,7-10,13H2,1H3. The van der Waals surface area contributed by atoms with Crippen molar-refractivity contribution in [3.05, 3.63) is 59.4 Å². The van der Waals surface area contributed by atoms with Crippen LogP contribution in [0.5, 0.6) is 11.5 Å². The van der Waals surface area contributed by atoms with Gasteiger partial charge in [0.25, 0.3) is 0 Å². The first-order valence-corrected chi connectivity index (χ1v) is 8.50. The molecule has 0 atom stereocenters. The van der Waals surface area contributed by atoms with E-state index in [-0.39, 0.29) is 12.4 Å². The first-order chi connectivity index (χ1) is 12.2. The van der Waals surface area contributed by atoms with E-state index in [9.17, 15) is 4.39 Å². The second-order valence-electron chi connectivity index (χ2n) is 5.69. The zero-order chi connectivity index (χ0) is 17.6. The van der Waals surface area contributed by atoms with Crippen molar-refractivity contribution in [3.8, 4) is 11.5 Å². The zero-order valence-electron chi connectivity index (χ0n) is 14.0. The van der Waals surface area contributed by atoms with Gasteiger partial charge in [0.05, 0.1) is 20.3 Å². The Labute approximate surface area is 152 Å². The number of morpholine rings is 1. The average molecular weight is 361 g/mol. The van der Waals surface area contributed by atoms with E-state index in [0.717, 1.165) is 29.2 Å². The number of hydrogen-bond acceptors (Lipinski definition) is 4. The second-order valence-corrected chi connectivity index (χ2v) is 6.08. The van der Waals surface area contributed by atoms with Crippen LogP contribution in [-0.2, 0) is 11.3 Å². The maximum atomic E-state index is 13.2. The van der Waals surface area contributed by atoms with Crippen molar-refractivity contribution in [2.75, 3.05) is 33.4 Å². The quantitative estimate of drug-likeness (QED) is 0.762. The van der Waals surface area contributed by atoms with Gasteiger partial charge in [0.15, 0.2) is 11.5 Å². The molecule has 132 valence electrons. The summed E-state index contributed by atoms with van der Waals surface area (Å²) in [5.41, 5.74) is 1.67. The molecule has 3 rings (SSSR count). The summed E-state index contributed by atoms with van der Waals surface area (Å²) in [6.45, 7) is 3.22. The van der Waals surface area contributed by atoms with Crippen LogP contribution in [-0.4, -0.2) is 43.3 Å². The number of rotatable bonds is 5. The van der Waals surface area contributed by atoms with Gasteiger partial charge in [-0.2, -0.15) is 0 Å². The van der Waals surface area contributed by atoms with Crippen LogP contribution in [0.1, 0.15) is 11.1 Å². The summed E-state index contributed by atoms with van der Waals surface area (Å²) in [7, 11) is 1.59. The van der Waals surface area contributed by atoms with Crippen molar-refractivity contribution >= 4 is 17.2 Å². The monoisotopic (exact) mass is 361 g/mol. The van der Waals surface area contributed by atoms with Gasteiger partial charge in [0, 0.05) is 18.7 Å². The Bertz CT molecular complexity index is 747. The Hall–Kier alpha value is -2.18. The van der Waals surface area contributed by atoms with E-state index in [1.54, 1.807) is 13.2 Å². The summed E-state index contributed by atoms with van der Waals surface area (Å²) in [6.07, 6.45) is 0. The second kappa shape index (κ2) is 8.27. The summed E-state index contributed by atoms with van der Waals surface area (Å²) in [5.74, 6) is 0.920. The van der Waals surface area contributed by atoms with Crippen molar-refractivity contribution in [3.63, 3.8) is 0 Å². The van der Waals surface area contributed by atoms with E-state index in [2.05, 4.69) is 4.90 Å². The number of benzene rings is 2. The molecular weight excluding hydrogens is 341 g/mol. The molecule has 0 unspecified atom stereocenters. The molecule has 1 aliphatic heterocycles. The maximum absolute atomic E-state index is 13.2. The molecule has 0 bridgehead atoms. The summed E-state index contributed by atoms with van der Waals surface area (Å²) < 4.78 is 29.8. The lowest BCUT2D eigenvalue weighted by Gasteiger charge is -2.29. The van der Waals surface area contributed by atoms with Crippen LogP contribution in [0, 0.1) is 5.82 Å². The molecule has 6 heteroatoms. The SMILES string of the molecule is COc1cc(C(=S)N2CCOCC2)ccc1OCc1cccc(F)c1. The van der Waals surface area contributed by atoms with Crippen molar-refractivity contribution in [1.82, 2.24) is 4.90 Å². The first-order valence-electron chi connectivity index (χ1n) is 8.09. The van der Waals surface area contributed by atoms with E-state index < -0.39 is 0 Å². The highest BCUT2D eigenvalue weighted by atomic mass is 32.1. The molecule has 0 saturated carbocycles. The fourth-order valence-electron chi connectivity index (χ4n) is 2.66. The Balaban J connectivity index is 1.71. The van der Waals surface area contributed by atoms with Crippen LogP contribution in [0.15, 0.2) is 42.5 Å². The van der Waals surface area contributed by atoms with E-state index in [1.165, 1.54) is 12.1 Å². The molecule has 1 saturated heterocycles. The van der Waals surface area contributed by atoms with Crippen LogP contribution in [0.4, 0.5) is 4.39 Å². The van der Waals surface area contributed by atoms with Gasteiger partial charge in [-0.15, -0.1) is 0 Å². The predicted octanol–water partition coefficient (Wildman–Crippen LogP) is 3.42. The fraction of sp³-hybridized carbons (Fsp3) is 0.316. The van der Waals surface area contributed by atoms with E-state index in [4.69, 9.17) is 26.4 Å². The van der Waals surface area contributed by atoms with Gasteiger partial charge in [0.2, 0.25) is 0 Å². The lowest BCUT2D eigenvalue weighted by molar-refractivity contribution is 0.0693. The summed E-state index contributed by atoms with van der Waals surface area (Å²) >= 11 is 5.58. The highest BCUT2D eigenvalue weighted by molar-refractivity contribution is 7.80. The molecule has 1 fully saturated rings. The van der Waals surface area contributed by atoms with Gasteiger partial charge in [-0.1, -0.05) is 24.4 Å². The molecule has 2 aromatic rings. The molecule has 0 aliphatic carbocycles. The number of methoxy groups -OCH3 is 1. The highest BCUT2D eigenvalue weighted by Gasteiger charge is 2.17. The Morgan fingerprint density at radius 3 is 2.68 bits per heavy atom. The summed E-state index contributed by atoms with van der Waals surface area (Å²) in [6, 6.07) is 12.0. The third-order valence-corrected chi connectivity index (χ3v) is 4.49. The molecule has 4 nitrogen and oxygen atoms in total. The molecule has 2 aromatic carbocycles. The van der Waals surface area contributed by atoms with Crippen molar-refractivity contribution in [2.45, 2.75) is 6.61 Å². The zero-order valence-corrected chi connectivity index (χ0v) is 14.9. The lowest BCUT2D eigenvalue weighted by Crippen LogP contribution is -2.40. The number of hydrogen-bond donors (Lipinski definition) is 0. The normalized spacial score (nSPS) is 14.2. The summed E-state index contributed by atoms with van der Waals surface area (Å²) in [4.78, 5) is 2.90. The molecule has 1 heterocycles. The minimum atomic E-state index is -0.278. The fourth-order valence-corrected chi connectivity index (χ4v) is 2.97. The molecule has 1 aliphatic rings. The van der Waals surface area contributed by atoms with E-state index in [1.807, 2.05) is 24.3 Å². The predicted molar refractivity (Wildman–Crippen MR) is 97.8 cm³/mol. The van der Waals surface area contributed by atoms with Gasteiger partial charge < -0.3 is 19.1 Å².